The predicted octanol–water partition coefficient (Wildman–Crippen LogP) is 3.38. The molecule has 100 valence electrons. The molecule has 0 radical (unpaired) electrons. The summed E-state index contributed by atoms with van der Waals surface area (Å²) in [6.07, 6.45) is 0.367. The van der Waals surface area contributed by atoms with Crippen LogP contribution in [0.25, 0.3) is 0 Å². The first-order valence-electron chi connectivity index (χ1n) is 5.80. The van der Waals surface area contributed by atoms with Crippen molar-refractivity contribution >= 4 is 29.2 Å². The van der Waals surface area contributed by atoms with Gasteiger partial charge in [0.1, 0.15) is 0 Å². The fraction of sp³-hybridized carbons (Fsp3) is 0.462. The van der Waals surface area contributed by atoms with Gasteiger partial charge < -0.3 is 4.74 Å². The molecular weight excluding hydrogens is 273 g/mol. The van der Waals surface area contributed by atoms with E-state index in [-0.39, 0.29) is 5.97 Å². The van der Waals surface area contributed by atoms with E-state index in [1.807, 2.05) is 25.1 Å². The fourth-order valence-electron chi connectivity index (χ4n) is 1.61. The molecule has 3 nitrogen and oxygen atoms in total. The first kappa shape index (κ1) is 15.3. The van der Waals surface area contributed by atoms with E-state index in [0.717, 1.165) is 12.1 Å². The quantitative estimate of drug-likeness (QED) is 0.752. The van der Waals surface area contributed by atoms with Gasteiger partial charge in [-0.1, -0.05) is 36.2 Å². The molecule has 0 amide bonds. The van der Waals surface area contributed by atoms with Crippen molar-refractivity contribution in [2.75, 3.05) is 20.2 Å². The SMILES string of the molecule is CCN(CCC(=O)OC)Cc1c(Cl)cccc1Cl. The highest BCUT2D eigenvalue weighted by molar-refractivity contribution is 6.35. The lowest BCUT2D eigenvalue weighted by Crippen LogP contribution is -2.26. The summed E-state index contributed by atoms with van der Waals surface area (Å²) in [7, 11) is 1.39. The van der Waals surface area contributed by atoms with Gasteiger partial charge >= 0.3 is 5.97 Å². The molecule has 0 aliphatic rings. The summed E-state index contributed by atoms with van der Waals surface area (Å²) in [5.74, 6) is -0.210. The van der Waals surface area contributed by atoms with E-state index in [1.165, 1.54) is 7.11 Å². The van der Waals surface area contributed by atoms with Gasteiger partial charge in [0.2, 0.25) is 0 Å². The number of ether oxygens (including phenoxy) is 1. The minimum Gasteiger partial charge on any atom is -0.469 e. The van der Waals surface area contributed by atoms with Crippen molar-refractivity contribution in [2.24, 2.45) is 0 Å². The van der Waals surface area contributed by atoms with Crippen LogP contribution in [0.2, 0.25) is 10.0 Å². The van der Waals surface area contributed by atoms with Crippen LogP contribution in [0.5, 0.6) is 0 Å². The van der Waals surface area contributed by atoms with Crippen molar-refractivity contribution in [2.45, 2.75) is 19.9 Å². The van der Waals surface area contributed by atoms with Crippen LogP contribution in [0, 0.1) is 0 Å². The summed E-state index contributed by atoms with van der Waals surface area (Å²) in [4.78, 5) is 13.2. The number of carbonyl (C=O) groups is 1. The minimum absolute atomic E-state index is 0.210. The lowest BCUT2D eigenvalue weighted by molar-refractivity contribution is -0.141. The molecule has 0 aliphatic heterocycles. The fourth-order valence-corrected chi connectivity index (χ4v) is 2.12. The number of rotatable bonds is 6. The molecule has 0 spiro atoms. The third-order valence-electron chi connectivity index (χ3n) is 2.75. The van der Waals surface area contributed by atoms with Crippen molar-refractivity contribution in [3.8, 4) is 0 Å². The van der Waals surface area contributed by atoms with E-state index in [1.54, 1.807) is 0 Å². The summed E-state index contributed by atoms with van der Waals surface area (Å²) in [6, 6.07) is 5.45. The smallest absolute Gasteiger partial charge is 0.306 e. The highest BCUT2D eigenvalue weighted by Gasteiger charge is 2.11. The molecule has 0 N–H and O–H groups in total. The van der Waals surface area contributed by atoms with Crippen molar-refractivity contribution in [1.29, 1.82) is 0 Å². The normalized spacial score (nSPS) is 10.7. The molecule has 0 fully saturated rings. The van der Waals surface area contributed by atoms with Gasteiger partial charge in [0.15, 0.2) is 0 Å². The second-order valence-electron chi connectivity index (χ2n) is 3.90. The van der Waals surface area contributed by atoms with Gasteiger partial charge in [-0.3, -0.25) is 9.69 Å². The molecule has 0 heterocycles. The average Bonchev–Trinajstić information content (AvgIpc) is 2.37. The first-order chi connectivity index (χ1) is 8.58. The monoisotopic (exact) mass is 289 g/mol. The van der Waals surface area contributed by atoms with Gasteiger partial charge in [-0.15, -0.1) is 0 Å². The molecule has 0 saturated heterocycles. The largest absolute Gasteiger partial charge is 0.469 e. The second-order valence-corrected chi connectivity index (χ2v) is 4.71. The zero-order valence-corrected chi connectivity index (χ0v) is 12.1. The van der Waals surface area contributed by atoms with Gasteiger partial charge in [0.05, 0.1) is 13.5 Å². The van der Waals surface area contributed by atoms with E-state index in [9.17, 15) is 4.79 Å². The molecule has 1 rings (SSSR count). The van der Waals surface area contributed by atoms with Gasteiger partial charge in [-0.2, -0.15) is 0 Å². The number of esters is 1. The van der Waals surface area contributed by atoms with Gasteiger partial charge in [0.25, 0.3) is 0 Å². The highest BCUT2D eigenvalue weighted by atomic mass is 35.5. The average molecular weight is 290 g/mol. The maximum absolute atomic E-state index is 11.1. The zero-order chi connectivity index (χ0) is 13.5. The van der Waals surface area contributed by atoms with Crippen LogP contribution in [0.4, 0.5) is 0 Å². The summed E-state index contributed by atoms with van der Waals surface area (Å²) in [6.45, 7) is 4.11. The van der Waals surface area contributed by atoms with Gasteiger partial charge in [-0.05, 0) is 18.7 Å². The standard InChI is InChI=1S/C13H17Cl2NO2/c1-3-16(8-7-13(17)18-2)9-10-11(14)5-4-6-12(10)15/h4-6H,3,7-9H2,1-2H3. The lowest BCUT2D eigenvalue weighted by atomic mass is 10.2. The number of methoxy groups -OCH3 is 1. The minimum atomic E-state index is -0.210. The Kier molecular flexibility index (Phi) is 6.47. The Morgan fingerprint density at radius 1 is 1.33 bits per heavy atom. The Morgan fingerprint density at radius 3 is 2.44 bits per heavy atom. The van der Waals surface area contributed by atoms with Crippen molar-refractivity contribution in [1.82, 2.24) is 4.90 Å². The van der Waals surface area contributed by atoms with Crippen LogP contribution < -0.4 is 0 Å². The second kappa shape index (κ2) is 7.62. The Balaban J connectivity index is 2.65. The molecule has 0 aromatic heterocycles. The summed E-state index contributed by atoms with van der Waals surface area (Å²) >= 11 is 12.2. The molecule has 1 aromatic carbocycles. The van der Waals surface area contributed by atoms with E-state index in [0.29, 0.717) is 29.6 Å². The molecule has 0 saturated carbocycles. The number of carbonyl (C=O) groups excluding carboxylic acids is 1. The van der Waals surface area contributed by atoms with E-state index in [4.69, 9.17) is 23.2 Å². The summed E-state index contributed by atoms with van der Waals surface area (Å²) in [5.41, 5.74) is 0.896. The molecule has 0 unspecified atom stereocenters. The molecule has 5 heteroatoms. The van der Waals surface area contributed by atoms with E-state index in [2.05, 4.69) is 9.64 Å². The van der Waals surface area contributed by atoms with Crippen LogP contribution >= 0.6 is 23.2 Å². The van der Waals surface area contributed by atoms with Crippen LogP contribution in [-0.4, -0.2) is 31.1 Å². The van der Waals surface area contributed by atoms with E-state index >= 15 is 0 Å². The molecule has 1 aromatic rings. The maximum Gasteiger partial charge on any atom is 0.306 e. The number of hydrogen-bond acceptors (Lipinski definition) is 3. The van der Waals surface area contributed by atoms with Crippen molar-refractivity contribution in [3.05, 3.63) is 33.8 Å². The Morgan fingerprint density at radius 2 is 1.94 bits per heavy atom. The number of hydrogen-bond donors (Lipinski definition) is 0. The summed E-state index contributed by atoms with van der Waals surface area (Å²) < 4.78 is 4.63. The molecular formula is C13H17Cl2NO2. The first-order valence-corrected chi connectivity index (χ1v) is 6.56. The summed E-state index contributed by atoms with van der Waals surface area (Å²) in [5, 5.41) is 1.30. The lowest BCUT2D eigenvalue weighted by Gasteiger charge is -2.21. The van der Waals surface area contributed by atoms with Gasteiger partial charge in [-0.25, -0.2) is 0 Å². The van der Waals surface area contributed by atoms with Crippen molar-refractivity contribution in [3.63, 3.8) is 0 Å². The predicted molar refractivity (Wildman–Crippen MR) is 74.0 cm³/mol. The van der Waals surface area contributed by atoms with Crippen LogP contribution in [0.15, 0.2) is 18.2 Å². The molecule has 0 aliphatic carbocycles. The number of nitrogens with zero attached hydrogens (tertiary/aromatic N) is 1. The molecule has 0 bridgehead atoms. The van der Waals surface area contributed by atoms with Crippen molar-refractivity contribution < 1.29 is 9.53 Å². The van der Waals surface area contributed by atoms with E-state index < -0.39 is 0 Å². The Hall–Kier alpha value is -0.770. The number of benzene rings is 1. The number of halogens is 2. The third kappa shape index (κ3) is 4.48. The van der Waals surface area contributed by atoms with Gasteiger partial charge in [0, 0.05) is 28.7 Å². The Bertz CT molecular complexity index is 390. The maximum atomic E-state index is 11.1. The van der Waals surface area contributed by atoms with Crippen LogP contribution in [0.3, 0.4) is 0 Å². The zero-order valence-electron chi connectivity index (χ0n) is 10.6. The molecule has 0 atom stereocenters. The topological polar surface area (TPSA) is 29.5 Å². The molecule has 18 heavy (non-hydrogen) atoms. The highest BCUT2D eigenvalue weighted by Crippen LogP contribution is 2.25. The Labute approximate surface area is 118 Å². The third-order valence-corrected chi connectivity index (χ3v) is 3.46. The van der Waals surface area contributed by atoms with Crippen LogP contribution in [-0.2, 0) is 16.1 Å². The van der Waals surface area contributed by atoms with Crippen LogP contribution in [0.1, 0.15) is 18.9 Å².